The number of alkyl halides is 1. The van der Waals surface area contributed by atoms with E-state index in [0.717, 1.165) is 24.1 Å². The highest BCUT2D eigenvalue weighted by atomic mass is 35.5. The highest BCUT2D eigenvalue weighted by molar-refractivity contribution is 6.17. The number of hydrogen-bond donors (Lipinski definition) is 0. The van der Waals surface area contributed by atoms with E-state index in [9.17, 15) is 0 Å². The molecule has 1 aliphatic carbocycles. The van der Waals surface area contributed by atoms with E-state index in [1.165, 1.54) is 12.8 Å². The van der Waals surface area contributed by atoms with Gasteiger partial charge < -0.3 is 4.74 Å². The summed E-state index contributed by atoms with van der Waals surface area (Å²) in [5.74, 6) is 0.454. The van der Waals surface area contributed by atoms with Crippen molar-refractivity contribution in [2.45, 2.75) is 44.6 Å². The summed E-state index contributed by atoms with van der Waals surface area (Å²) in [6.07, 6.45) is 6.82. The minimum Gasteiger partial charge on any atom is -0.460 e. The molecule has 0 spiro atoms. The molecule has 0 radical (unpaired) electrons. The fraction of sp³-hybridized carbons (Fsp3) is 0.636. The predicted molar refractivity (Wildman–Crippen MR) is 59.2 cm³/mol. The Labute approximate surface area is 94.8 Å². The van der Waals surface area contributed by atoms with Gasteiger partial charge in [0.2, 0.25) is 0 Å². The van der Waals surface area contributed by atoms with Crippen LogP contribution in [0, 0.1) is 6.92 Å². The van der Waals surface area contributed by atoms with Gasteiger partial charge in [-0.15, -0.1) is 11.6 Å². The molecule has 1 fully saturated rings. The van der Waals surface area contributed by atoms with E-state index in [0.29, 0.717) is 18.0 Å². The molecule has 0 unspecified atom stereocenters. The third-order valence-corrected chi connectivity index (χ3v) is 3.07. The second kappa shape index (κ2) is 4.79. The quantitative estimate of drug-likeness (QED) is 0.744. The minimum atomic E-state index is 0.311. The fourth-order valence-electron chi connectivity index (χ4n) is 1.81. The van der Waals surface area contributed by atoms with Crippen molar-refractivity contribution in [3.63, 3.8) is 0 Å². The zero-order chi connectivity index (χ0) is 10.7. The topological polar surface area (TPSA) is 35.0 Å². The monoisotopic (exact) mass is 226 g/mol. The van der Waals surface area contributed by atoms with Gasteiger partial charge in [-0.2, -0.15) is 0 Å². The van der Waals surface area contributed by atoms with Gasteiger partial charge in [0.25, 0.3) is 0 Å². The van der Waals surface area contributed by atoms with Gasteiger partial charge in [-0.25, -0.2) is 9.97 Å². The Morgan fingerprint density at radius 2 is 2.20 bits per heavy atom. The first-order valence-corrected chi connectivity index (χ1v) is 5.88. The molecule has 0 amide bonds. The van der Waals surface area contributed by atoms with Crippen molar-refractivity contribution in [3.8, 4) is 6.01 Å². The van der Waals surface area contributed by atoms with Crippen LogP contribution in [0.4, 0.5) is 0 Å². The maximum Gasteiger partial charge on any atom is 0.316 e. The summed E-state index contributed by atoms with van der Waals surface area (Å²) in [4.78, 5) is 8.45. The highest BCUT2D eigenvalue weighted by Gasteiger charge is 2.17. The summed E-state index contributed by atoms with van der Waals surface area (Å²) in [7, 11) is 0. The third kappa shape index (κ3) is 2.59. The van der Waals surface area contributed by atoms with Crippen LogP contribution in [0.5, 0.6) is 6.01 Å². The third-order valence-electron chi connectivity index (χ3n) is 2.78. The first-order chi connectivity index (χ1) is 7.29. The predicted octanol–water partition coefficient (Wildman–Crippen LogP) is 2.85. The van der Waals surface area contributed by atoms with Gasteiger partial charge in [0.15, 0.2) is 0 Å². The van der Waals surface area contributed by atoms with Crippen LogP contribution in [0.15, 0.2) is 6.20 Å². The molecule has 1 aromatic rings. The van der Waals surface area contributed by atoms with Crippen molar-refractivity contribution >= 4 is 11.6 Å². The molecule has 0 saturated heterocycles. The van der Waals surface area contributed by atoms with E-state index in [4.69, 9.17) is 16.3 Å². The molecule has 0 N–H and O–H groups in total. The largest absolute Gasteiger partial charge is 0.460 e. The SMILES string of the molecule is Cc1nc(OC2CCCC2)ncc1CCl. The summed E-state index contributed by atoms with van der Waals surface area (Å²) in [6, 6.07) is 0.494. The Kier molecular flexibility index (Phi) is 3.41. The molecule has 1 heterocycles. The molecule has 15 heavy (non-hydrogen) atoms. The van der Waals surface area contributed by atoms with Crippen molar-refractivity contribution in [2.24, 2.45) is 0 Å². The van der Waals surface area contributed by atoms with Crippen molar-refractivity contribution in [1.82, 2.24) is 9.97 Å². The normalized spacial score (nSPS) is 16.9. The number of ether oxygens (including phenoxy) is 1. The average Bonchev–Trinajstić information content (AvgIpc) is 2.71. The zero-order valence-corrected chi connectivity index (χ0v) is 9.63. The van der Waals surface area contributed by atoms with Crippen LogP contribution < -0.4 is 4.74 Å². The van der Waals surface area contributed by atoms with Gasteiger partial charge in [0.05, 0.1) is 5.88 Å². The Morgan fingerprint density at radius 1 is 1.47 bits per heavy atom. The van der Waals surface area contributed by atoms with Gasteiger partial charge >= 0.3 is 6.01 Å². The lowest BCUT2D eigenvalue weighted by Crippen LogP contribution is -2.13. The minimum absolute atomic E-state index is 0.311. The van der Waals surface area contributed by atoms with Crippen molar-refractivity contribution < 1.29 is 4.74 Å². The van der Waals surface area contributed by atoms with E-state index in [1.807, 2.05) is 6.92 Å². The van der Waals surface area contributed by atoms with Crippen LogP contribution in [-0.2, 0) is 5.88 Å². The smallest absolute Gasteiger partial charge is 0.316 e. The van der Waals surface area contributed by atoms with E-state index < -0.39 is 0 Å². The summed E-state index contributed by atoms with van der Waals surface area (Å²) in [6.45, 7) is 1.93. The fourth-order valence-corrected chi connectivity index (χ4v) is 2.08. The average molecular weight is 227 g/mol. The molecular weight excluding hydrogens is 212 g/mol. The second-order valence-corrected chi connectivity index (χ2v) is 4.19. The molecule has 1 aliphatic rings. The van der Waals surface area contributed by atoms with Crippen LogP contribution in [0.2, 0.25) is 0 Å². The van der Waals surface area contributed by atoms with Gasteiger partial charge in [0.1, 0.15) is 6.10 Å². The lowest BCUT2D eigenvalue weighted by atomic mass is 10.3. The van der Waals surface area contributed by atoms with Crippen LogP contribution in [0.25, 0.3) is 0 Å². The molecule has 4 heteroatoms. The van der Waals surface area contributed by atoms with Crippen LogP contribution in [0.3, 0.4) is 0 Å². The summed E-state index contributed by atoms with van der Waals surface area (Å²) in [5, 5.41) is 0. The van der Waals surface area contributed by atoms with Gasteiger partial charge in [-0.3, -0.25) is 0 Å². The summed E-state index contributed by atoms with van der Waals surface area (Å²) >= 11 is 5.73. The number of aromatic nitrogens is 2. The lowest BCUT2D eigenvalue weighted by Gasteiger charge is -2.11. The molecule has 0 atom stereocenters. The van der Waals surface area contributed by atoms with Crippen LogP contribution in [0.1, 0.15) is 36.9 Å². The van der Waals surface area contributed by atoms with Gasteiger partial charge in [-0.05, 0) is 32.6 Å². The number of hydrogen-bond acceptors (Lipinski definition) is 3. The van der Waals surface area contributed by atoms with E-state index in [1.54, 1.807) is 6.20 Å². The highest BCUT2D eigenvalue weighted by Crippen LogP contribution is 2.22. The summed E-state index contributed by atoms with van der Waals surface area (Å²) in [5.41, 5.74) is 1.88. The standard InChI is InChI=1S/C11H15ClN2O/c1-8-9(6-12)7-13-11(14-8)15-10-4-2-3-5-10/h7,10H,2-6H2,1H3. The van der Waals surface area contributed by atoms with Crippen LogP contribution >= 0.6 is 11.6 Å². The van der Waals surface area contributed by atoms with E-state index >= 15 is 0 Å². The van der Waals surface area contributed by atoms with Crippen molar-refractivity contribution in [1.29, 1.82) is 0 Å². The first-order valence-electron chi connectivity index (χ1n) is 5.34. The van der Waals surface area contributed by atoms with E-state index in [-0.39, 0.29) is 0 Å². The lowest BCUT2D eigenvalue weighted by molar-refractivity contribution is 0.191. The van der Waals surface area contributed by atoms with E-state index in [2.05, 4.69) is 9.97 Å². The Bertz CT molecular complexity index is 337. The van der Waals surface area contributed by atoms with Crippen molar-refractivity contribution in [2.75, 3.05) is 0 Å². The molecule has 0 aliphatic heterocycles. The Morgan fingerprint density at radius 3 is 2.80 bits per heavy atom. The maximum atomic E-state index is 5.73. The molecule has 1 saturated carbocycles. The molecule has 1 aromatic heterocycles. The second-order valence-electron chi connectivity index (χ2n) is 3.92. The molecule has 82 valence electrons. The number of rotatable bonds is 3. The molecule has 2 rings (SSSR count). The zero-order valence-electron chi connectivity index (χ0n) is 8.87. The number of nitrogens with zero attached hydrogens (tertiary/aromatic N) is 2. The number of aryl methyl sites for hydroxylation is 1. The Balaban J connectivity index is 2.05. The number of halogens is 1. The molecular formula is C11H15ClN2O. The van der Waals surface area contributed by atoms with Gasteiger partial charge in [0, 0.05) is 17.5 Å². The maximum absolute atomic E-state index is 5.73. The first kappa shape index (κ1) is 10.7. The Hall–Kier alpha value is -0.830. The summed E-state index contributed by atoms with van der Waals surface area (Å²) < 4.78 is 5.69. The van der Waals surface area contributed by atoms with Crippen molar-refractivity contribution in [3.05, 3.63) is 17.5 Å². The van der Waals surface area contributed by atoms with Crippen LogP contribution in [-0.4, -0.2) is 16.1 Å². The molecule has 3 nitrogen and oxygen atoms in total. The molecule has 0 aromatic carbocycles. The van der Waals surface area contributed by atoms with Gasteiger partial charge in [-0.1, -0.05) is 0 Å². The molecule has 0 bridgehead atoms.